The van der Waals surface area contributed by atoms with Crippen molar-refractivity contribution in [3.63, 3.8) is 0 Å². The minimum absolute atomic E-state index is 0.0151. The summed E-state index contributed by atoms with van der Waals surface area (Å²) in [6, 6.07) is 0. The molecule has 0 aromatic carbocycles. The van der Waals surface area contributed by atoms with Crippen LogP contribution in [0.3, 0.4) is 0 Å². The van der Waals surface area contributed by atoms with Crippen molar-refractivity contribution in [1.29, 1.82) is 0 Å². The standard InChI is InChI=1S/C17H24F3N3O3/c1-11-14(12(2)23(21-11)10-17(18,19)20)8-15(24)22-7-3-4-13(9-22)5-6-16(25)26/h13H,3-10H2,1-2H3,(H,25,26). The van der Waals surface area contributed by atoms with E-state index in [1.807, 2.05) is 0 Å². The van der Waals surface area contributed by atoms with E-state index in [2.05, 4.69) is 5.10 Å². The number of carbonyl (C=O) groups excluding carboxylic acids is 1. The van der Waals surface area contributed by atoms with Crippen LogP contribution in [0.4, 0.5) is 13.2 Å². The van der Waals surface area contributed by atoms with Crippen LogP contribution < -0.4 is 0 Å². The van der Waals surface area contributed by atoms with Gasteiger partial charge in [-0.05, 0) is 39.0 Å². The average Bonchev–Trinajstić information content (AvgIpc) is 2.79. The van der Waals surface area contributed by atoms with Gasteiger partial charge in [0.2, 0.25) is 5.91 Å². The summed E-state index contributed by atoms with van der Waals surface area (Å²) in [5.74, 6) is -0.849. The zero-order valence-electron chi connectivity index (χ0n) is 15.0. The Morgan fingerprint density at radius 3 is 2.62 bits per heavy atom. The molecule has 1 aliphatic rings. The molecule has 26 heavy (non-hydrogen) atoms. The predicted octanol–water partition coefficient (Wildman–Crippen LogP) is 2.71. The molecule has 9 heteroatoms. The van der Waals surface area contributed by atoms with Gasteiger partial charge in [0, 0.05) is 30.8 Å². The lowest BCUT2D eigenvalue weighted by atomic mass is 9.93. The summed E-state index contributed by atoms with van der Waals surface area (Å²) < 4.78 is 38.7. The Bertz CT molecular complexity index is 670. The number of nitrogens with zero attached hydrogens (tertiary/aromatic N) is 3. The molecule has 0 bridgehead atoms. The van der Waals surface area contributed by atoms with Gasteiger partial charge in [0.1, 0.15) is 6.54 Å². The Morgan fingerprint density at radius 2 is 2.00 bits per heavy atom. The Hall–Kier alpha value is -2.06. The third kappa shape index (κ3) is 5.47. The van der Waals surface area contributed by atoms with Crippen LogP contribution in [-0.2, 0) is 22.6 Å². The van der Waals surface area contributed by atoms with Crippen LogP contribution in [0.5, 0.6) is 0 Å². The SMILES string of the molecule is Cc1nn(CC(F)(F)F)c(C)c1CC(=O)N1CCCC(CCC(=O)O)C1. The van der Waals surface area contributed by atoms with Gasteiger partial charge in [-0.25, -0.2) is 0 Å². The zero-order chi connectivity index (χ0) is 19.5. The molecule has 2 heterocycles. The summed E-state index contributed by atoms with van der Waals surface area (Å²) in [6.45, 7) is 3.07. The Morgan fingerprint density at radius 1 is 1.31 bits per heavy atom. The maximum atomic E-state index is 12.6. The van der Waals surface area contributed by atoms with Crippen molar-refractivity contribution in [2.75, 3.05) is 13.1 Å². The number of halogens is 3. The van der Waals surface area contributed by atoms with Crippen LogP contribution >= 0.6 is 0 Å². The predicted molar refractivity (Wildman–Crippen MR) is 87.6 cm³/mol. The first-order valence-corrected chi connectivity index (χ1v) is 8.66. The molecule has 1 saturated heterocycles. The number of hydrogen-bond acceptors (Lipinski definition) is 3. The summed E-state index contributed by atoms with van der Waals surface area (Å²) >= 11 is 0. The molecule has 2 rings (SSSR count). The van der Waals surface area contributed by atoms with Gasteiger partial charge in [-0.15, -0.1) is 0 Å². The summed E-state index contributed by atoms with van der Waals surface area (Å²) in [4.78, 5) is 25.0. The molecule has 1 aromatic rings. The normalized spacial score (nSPS) is 18.2. The Labute approximate surface area is 150 Å². The third-order valence-electron chi connectivity index (χ3n) is 4.83. The fourth-order valence-corrected chi connectivity index (χ4v) is 3.43. The smallest absolute Gasteiger partial charge is 0.408 e. The Kier molecular flexibility index (Phi) is 6.30. The molecule has 6 nitrogen and oxygen atoms in total. The van der Waals surface area contributed by atoms with E-state index in [0.717, 1.165) is 17.5 Å². The molecule has 0 aliphatic carbocycles. The van der Waals surface area contributed by atoms with E-state index in [4.69, 9.17) is 5.11 Å². The molecule has 1 fully saturated rings. The highest BCUT2D eigenvalue weighted by Crippen LogP contribution is 2.24. The number of aryl methyl sites for hydroxylation is 1. The lowest BCUT2D eigenvalue weighted by molar-refractivity contribution is -0.143. The van der Waals surface area contributed by atoms with Crippen LogP contribution in [0.15, 0.2) is 0 Å². The molecule has 0 saturated carbocycles. The molecule has 1 atom stereocenters. The number of aromatic nitrogens is 2. The molecule has 1 aliphatic heterocycles. The van der Waals surface area contributed by atoms with Crippen molar-refractivity contribution in [3.05, 3.63) is 17.0 Å². The molecule has 146 valence electrons. The van der Waals surface area contributed by atoms with E-state index < -0.39 is 18.7 Å². The van der Waals surface area contributed by atoms with Crippen molar-refractivity contribution < 1.29 is 27.9 Å². The van der Waals surface area contributed by atoms with Gasteiger partial charge in [-0.2, -0.15) is 18.3 Å². The van der Waals surface area contributed by atoms with Crippen LogP contribution in [0.25, 0.3) is 0 Å². The maximum Gasteiger partial charge on any atom is 0.408 e. The molecule has 1 aromatic heterocycles. The number of carbonyl (C=O) groups is 2. The number of piperidine rings is 1. The van der Waals surface area contributed by atoms with E-state index in [1.54, 1.807) is 18.7 Å². The minimum atomic E-state index is -4.37. The number of amides is 1. The summed E-state index contributed by atoms with van der Waals surface area (Å²) in [6.07, 6.45) is -2.05. The largest absolute Gasteiger partial charge is 0.481 e. The van der Waals surface area contributed by atoms with E-state index in [1.165, 1.54) is 0 Å². The molecular formula is C17H24F3N3O3. The fourth-order valence-electron chi connectivity index (χ4n) is 3.43. The maximum absolute atomic E-state index is 12.6. The van der Waals surface area contributed by atoms with Gasteiger partial charge in [0.05, 0.1) is 12.1 Å². The molecule has 1 N–H and O–H groups in total. The van der Waals surface area contributed by atoms with E-state index in [-0.39, 0.29) is 24.7 Å². The van der Waals surface area contributed by atoms with Gasteiger partial charge in [0.25, 0.3) is 0 Å². The molecule has 1 unspecified atom stereocenters. The van der Waals surface area contributed by atoms with Gasteiger partial charge in [0.15, 0.2) is 0 Å². The monoisotopic (exact) mass is 375 g/mol. The number of aliphatic carboxylic acids is 1. The quantitative estimate of drug-likeness (QED) is 0.830. The molecule has 0 spiro atoms. The fraction of sp³-hybridized carbons (Fsp3) is 0.706. The van der Waals surface area contributed by atoms with Crippen molar-refractivity contribution >= 4 is 11.9 Å². The van der Waals surface area contributed by atoms with Crippen molar-refractivity contribution in [3.8, 4) is 0 Å². The first kappa shape index (κ1) is 20.3. The lowest BCUT2D eigenvalue weighted by Gasteiger charge is -2.32. The second-order valence-electron chi connectivity index (χ2n) is 6.88. The number of rotatable bonds is 6. The number of carboxylic acid groups (broad SMARTS) is 1. The highest BCUT2D eigenvalue weighted by Gasteiger charge is 2.31. The number of likely N-dealkylation sites (tertiary alicyclic amines) is 1. The summed E-state index contributed by atoms with van der Waals surface area (Å²) in [5.41, 5.74) is 1.32. The van der Waals surface area contributed by atoms with Gasteiger partial charge in [-0.1, -0.05) is 0 Å². The minimum Gasteiger partial charge on any atom is -0.481 e. The van der Waals surface area contributed by atoms with E-state index >= 15 is 0 Å². The first-order valence-electron chi connectivity index (χ1n) is 8.66. The molecule has 1 amide bonds. The average molecular weight is 375 g/mol. The lowest BCUT2D eigenvalue weighted by Crippen LogP contribution is -2.41. The number of carboxylic acids is 1. The van der Waals surface area contributed by atoms with Crippen LogP contribution in [-0.4, -0.2) is 50.9 Å². The number of hydrogen-bond donors (Lipinski definition) is 1. The topological polar surface area (TPSA) is 75.4 Å². The highest BCUT2D eigenvalue weighted by molar-refractivity contribution is 5.79. The molecule has 0 radical (unpaired) electrons. The van der Waals surface area contributed by atoms with Crippen molar-refractivity contribution in [2.24, 2.45) is 5.92 Å². The van der Waals surface area contributed by atoms with Crippen LogP contribution in [0.2, 0.25) is 0 Å². The first-order chi connectivity index (χ1) is 12.1. The van der Waals surface area contributed by atoms with Gasteiger partial charge < -0.3 is 10.0 Å². The van der Waals surface area contributed by atoms with E-state index in [9.17, 15) is 22.8 Å². The van der Waals surface area contributed by atoms with Gasteiger partial charge >= 0.3 is 12.1 Å². The second-order valence-corrected chi connectivity index (χ2v) is 6.88. The highest BCUT2D eigenvalue weighted by atomic mass is 19.4. The third-order valence-corrected chi connectivity index (χ3v) is 4.83. The van der Waals surface area contributed by atoms with Crippen molar-refractivity contribution in [1.82, 2.24) is 14.7 Å². The summed E-state index contributed by atoms with van der Waals surface area (Å²) in [5, 5.41) is 12.7. The van der Waals surface area contributed by atoms with Gasteiger partial charge in [-0.3, -0.25) is 14.3 Å². The van der Waals surface area contributed by atoms with E-state index in [0.29, 0.717) is 36.5 Å². The summed E-state index contributed by atoms with van der Waals surface area (Å²) in [7, 11) is 0. The number of alkyl halides is 3. The molecular weight excluding hydrogens is 351 g/mol. The second kappa shape index (κ2) is 8.09. The van der Waals surface area contributed by atoms with Crippen molar-refractivity contribution in [2.45, 2.75) is 58.7 Å². The Balaban J connectivity index is 2.02. The van der Waals surface area contributed by atoms with Crippen LogP contribution in [0.1, 0.15) is 42.6 Å². The zero-order valence-corrected chi connectivity index (χ0v) is 15.0. The van der Waals surface area contributed by atoms with Crippen LogP contribution in [0, 0.1) is 19.8 Å².